The van der Waals surface area contributed by atoms with Gasteiger partial charge in [0.15, 0.2) is 9.84 Å². The van der Waals surface area contributed by atoms with Gasteiger partial charge in [0.1, 0.15) is 5.75 Å². The maximum Gasteiger partial charge on any atom is 0.272 e. The molecule has 3 aromatic rings. The molecule has 180 valence electrons. The number of amides is 1. The van der Waals surface area contributed by atoms with Gasteiger partial charge in [-0.15, -0.1) is 0 Å². The van der Waals surface area contributed by atoms with Crippen molar-refractivity contribution in [3.63, 3.8) is 0 Å². The van der Waals surface area contributed by atoms with Crippen molar-refractivity contribution in [2.24, 2.45) is 0 Å². The van der Waals surface area contributed by atoms with E-state index >= 15 is 0 Å². The normalized spacial score (nSPS) is 16.3. The highest BCUT2D eigenvalue weighted by Crippen LogP contribution is 2.29. The second-order valence-electron chi connectivity index (χ2n) is 7.69. The molecule has 13 heteroatoms. The van der Waals surface area contributed by atoms with E-state index in [0.29, 0.717) is 16.5 Å². The zero-order valence-corrected chi connectivity index (χ0v) is 19.8. The molecule has 0 radical (unpaired) electrons. The van der Waals surface area contributed by atoms with E-state index in [2.05, 4.69) is 15.5 Å². The van der Waals surface area contributed by atoms with Crippen LogP contribution in [0.25, 0.3) is 10.8 Å². The van der Waals surface area contributed by atoms with Crippen LogP contribution in [0.15, 0.2) is 52.2 Å². The number of sulfonamides is 1. The highest BCUT2D eigenvalue weighted by Gasteiger charge is 2.31. The van der Waals surface area contributed by atoms with Gasteiger partial charge >= 0.3 is 0 Å². The number of carbonyl (C=O) groups excluding carboxylic acids is 1. The molecule has 2 heterocycles. The molecule has 0 bridgehead atoms. The van der Waals surface area contributed by atoms with Crippen LogP contribution in [0.3, 0.4) is 0 Å². The zero-order valence-electron chi connectivity index (χ0n) is 18.1. The number of hydrogen-bond donors (Lipinski definition) is 2. The van der Waals surface area contributed by atoms with Crippen molar-refractivity contribution in [3.05, 3.63) is 58.5 Å². The molecule has 2 N–H and O–H groups in total. The Balaban J connectivity index is 1.59. The number of sulfone groups is 1. The summed E-state index contributed by atoms with van der Waals surface area (Å²) in [6, 6.07) is 10.8. The lowest BCUT2D eigenvalue weighted by Crippen LogP contribution is -2.43. The second kappa shape index (κ2) is 9.16. The molecular weight excluding hydrogens is 484 g/mol. The van der Waals surface area contributed by atoms with E-state index in [-0.39, 0.29) is 52.9 Å². The first-order chi connectivity index (χ1) is 16.1. The van der Waals surface area contributed by atoms with E-state index in [4.69, 9.17) is 4.74 Å². The number of nitrogens with one attached hydrogen (secondary N) is 2. The lowest BCUT2D eigenvalue weighted by atomic mass is 10.1. The number of ether oxygens (including phenoxy) is 1. The fraction of sp³-hybridized carbons (Fsp3) is 0.286. The highest BCUT2D eigenvalue weighted by molar-refractivity contribution is 7.92. The van der Waals surface area contributed by atoms with Gasteiger partial charge in [-0.1, -0.05) is 18.2 Å². The minimum absolute atomic E-state index is 0.101. The minimum Gasteiger partial charge on any atom is -0.495 e. The van der Waals surface area contributed by atoms with Gasteiger partial charge in [-0.3, -0.25) is 9.59 Å². The number of benzene rings is 2. The Morgan fingerprint density at radius 1 is 1.15 bits per heavy atom. The van der Waals surface area contributed by atoms with Crippen molar-refractivity contribution in [2.75, 3.05) is 37.0 Å². The Hall–Kier alpha value is -3.29. The molecular formula is C21H22N4O7S2. The largest absolute Gasteiger partial charge is 0.495 e. The molecule has 0 aliphatic carbocycles. The monoisotopic (exact) mass is 506 g/mol. The van der Waals surface area contributed by atoms with Crippen LogP contribution in [0.4, 0.5) is 5.69 Å². The Morgan fingerprint density at radius 2 is 1.82 bits per heavy atom. The predicted octanol–water partition coefficient (Wildman–Crippen LogP) is 0.532. The SMILES string of the molecule is COc1ccc(S(=O)(=O)N2CCS(=O)(=O)CC2)cc1NC(=O)Cc1n[nH]c(=O)c2ccccc12. The van der Waals surface area contributed by atoms with Gasteiger partial charge in [0, 0.05) is 18.5 Å². The Bertz CT molecular complexity index is 1520. The van der Waals surface area contributed by atoms with Crippen LogP contribution in [0.2, 0.25) is 0 Å². The van der Waals surface area contributed by atoms with Gasteiger partial charge in [0.2, 0.25) is 15.9 Å². The van der Waals surface area contributed by atoms with Crippen molar-refractivity contribution in [1.29, 1.82) is 0 Å². The van der Waals surface area contributed by atoms with Crippen molar-refractivity contribution in [3.8, 4) is 5.75 Å². The number of hydrogen-bond acceptors (Lipinski definition) is 8. The third kappa shape index (κ3) is 4.81. The fourth-order valence-corrected chi connectivity index (χ4v) is 6.58. The first kappa shape index (κ1) is 23.9. The molecule has 2 aromatic carbocycles. The van der Waals surface area contributed by atoms with Gasteiger partial charge in [0.05, 0.1) is 46.7 Å². The number of H-pyrrole nitrogens is 1. The molecule has 11 nitrogen and oxygen atoms in total. The molecule has 1 saturated heterocycles. The van der Waals surface area contributed by atoms with Gasteiger partial charge in [-0.2, -0.15) is 9.40 Å². The van der Waals surface area contributed by atoms with Crippen LogP contribution in [0.1, 0.15) is 5.69 Å². The van der Waals surface area contributed by atoms with E-state index in [0.717, 1.165) is 4.31 Å². The van der Waals surface area contributed by atoms with Crippen molar-refractivity contribution in [2.45, 2.75) is 11.3 Å². The maximum absolute atomic E-state index is 13.0. The third-order valence-corrected chi connectivity index (χ3v) is 8.99. The number of fused-ring (bicyclic) bond motifs is 1. The topological polar surface area (TPSA) is 156 Å². The summed E-state index contributed by atoms with van der Waals surface area (Å²) < 4.78 is 55.8. The molecule has 1 aliphatic heterocycles. The third-order valence-electron chi connectivity index (χ3n) is 5.49. The number of aromatic amines is 1. The van der Waals surface area contributed by atoms with Gasteiger partial charge < -0.3 is 10.1 Å². The molecule has 1 aliphatic rings. The fourth-order valence-electron chi connectivity index (χ4n) is 3.68. The molecule has 0 spiro atoms. The molecule has 0 atom stereocenters. The van der Waals surface area contributed by atoms with E-state index in [9.17, 15) is 26.4 Å². The summed E-state index contributed by atoms with van der Waals surface area (Å²) in [5.41, 5.74) is 0.113. The number of carbonyl (C=O) groups is 1. The number of aromatic nitrogens is 2. The van der Waals surface area contributed by atoms with Crippen LogP contribution in [-0.4, -0.2) is 69.0 Å². The smallest absolute Gasteiger partial charge is 0.272 e. The lowest BCUT2D eigenvalue weighted by Gasteiger charge is -2.26. The molecule has 1 amide bonds. The summed E-state index contributed by atoms with van der Waals surface area (Å²) in [4.78, 5) is 24.6. The van der Waals surface area contributed by atoms with E-state index in [1.807, 2.05) is 0 Å². The number of anilines is 1. The van der Waals surface area contributed by atoms with Crippen LogP contribution in [0, 0.1) is 0 Å². The van der Waals surface area contributed by atoms with Crippen molar-refractivity contribution < 1.29 is 26.4 Å². The van der Waals surface area contributed by atoms with Crippen LogP contribution >= 0.6 is 0 Å². The lowest BCUT2D eigenvalue weighted by molar-refractivity contribution is -0.115. The van der Waals surface area contributed by atoms with Crippen LogP contribution in [-0.2, 0) is 31.1 Å². The van der Waals surface area contributed by atoms with Crippen LogP contribution in [0.5, 0.6) is 5.75 Å². The molecule has 1 fully saturated rings. The van der Waals surface area contributed by atoms with E-state index < -0.39 is 25.8 Å². The molecule has 34 heavy (non-hydrogen) atoms. The predicted molar refractivity (Wildman–Crippen MR) is 125 cm³/mol. The summed E-state index contributed by atoms with van der Waals surface area (Å²) in [5.74, 6) is -0.743. The first-order valence-electron chi connectivity index (χ1n) is 10.3. The Morgan fingerprint density at radius 3 is 2.50 bits per heavy atom. The second-order valence-corrected chi connectivity index (χ2v) is 11.9. The number of rotatable bonds is 6. The summed E-state index contributed by atoms with van der Waals surface area (Å²) in [5, 5.41) is 9.92. The highest BCUT2D eigenvalue weighted by atomic mass is 32.2. The summed E-state index contributed by atoms with van der Waals surface area (Å²) in [7, 11) is -5.85. The Kier molecular flexibility index (Phi) is 6.43. The van der Waals surface area contributed by atoms with Gasteiger partial charge in [-0.05, 0) is 24.3 Å². The standard InChI is InChI=1S/C21H22N4O7S2/c1-32-19-7-6-14(34(30,31)25-8-10-33(28,29)11-9-25)12-18(19)22-20(26)13-17-15-4-2-3-5-16(15)21(27)24-23-17/h2-7,12H,8-11,13H2,1H3,(H,22,26)(H,24,27). The van der Waals surface area contributed by atoms with Crippen LogP contribution < -0.4 is 15.6 Å². The molecule has 4 rings (SSSR count). The average molecular weight is 507 g/mol. The van der Waals surface area contributed by atoms with Crippen molar-refractivity contribution in [1.82, 2.24) is 14.5 Å². The number of methoxy groups -OCH3 is 1. The minimum atomic E-state index is -3.98. The summed E-state index contributed by atoms with van der Waals surface area (Å²) in [6.45, 7) is -0.271. The quantitative estimate of drug-likeness (QED) is 0.490. The summed E-state index contributed by atoms with van der Waals surface area (Å²) in [6.07, 6.45) is -0.179. The van der Waals surface area contributed by atoms with Crippen molar-refractivity contribution >= 4 is 42.2 Å². The maximum atomic E-state index is 13.0. The first-order valence-corrected chi connectivity index (χ1v) is 13.5. The zero-order chi connectivity index (χ0) is 24.5. The average Bonchev–Trinajstić information content (AvgIpc) is 2.81. The molecule has 1 aromatic heterocycles. The van der Waals surface area contributed by atoms with Gasteiger partial charge in [0.25, 0.3) is 5.56 Å². The molecule has 0 saturated carbocycles. The van der Waals surface area contributed by atoms with E-state index in [1.165, 1.54) is 25.3 Å². The molecule has 0 unspecified atom stereocenters. The summed E-state index contributed by atoms with van der Waals surface area (Å²) >= 11 is 0. The Labute approximate surface area is 195 Å². The number of nitrogens with zero attached hydrogens (tertiary/aromatic N) is 2. The van der Waals surface area contributed by atoms with Gasteiger partial charge in [-0.25, -0.2) is 21.9 Å². The van der Waals surface area contributed by atoms with E-state index in [1.54, 1.807) is 24.3 Å².